The second kappa shape index (κ2) is 3.56. The number of aromatic nitrogens is 3. The maximum atomic E-state index is 6.02. The lowest BCUT2D eigenvalue weighted by atomic mass is 10.1. The maximum absolute atomic E-state index is 6.02. The van der Waals surface area contributed by atoms with Gasteiger partial charge in [-0.05, 0) is 13.0 Å². The molecule has 3 aromatic rings. The van der Waals surface area contributed by atoms with Crippen molar-refractivity contribution in [3.8, 4) is 11.1 Å². The Hall–Kier alpha value is -1.88. The van der Waals surface area contributed by atoms with Gasteiger partial charge in [0.05, 0.1) is 21.4 Å². The van der Waals surface area contributed by atoms with Crippen LogP contribution in [0.2, 0.25) is 0 Å². The molecule has 1 aromatic carbocycles. The molecule has 0 aliphatic rings. The molecule has 0 aliphatic carbocycles. The van der Waals surface area contributed by atoms with Crippen molar-refractivity contribution in [3.05, 3.63) is 29.4 Å². The van der Waals surface area contributed by atoms with Gasteiger partial charge in [0.25, 0.3) is 0 Å². The zero-order chi connectivity index (χ0) is 12.0. The van der Waals surface area contributed by atoms with E-state index in [0.29, 0.717) is 5.82 Å². The van der Waals surface area contributed by atoms with E-state index in [9.17, 15) is 0 Å². The molecule has 17 heavy (non-hydrogen) atoms. The molecule has 0 saturated heterocycles. The van der Waals surface area contributed by atoms with E-state index < -0.39 is 0 Å². The largest absolute Gasteiger partial charge is 0.383 e. The Morgan fingerprint density at radius 1 is 1.29 bits per heavy atom. The number of benzene rings is 1. The van der Waals surface area contributed by atoms with E-state index >= 15 is 0 Å². The molecule has 5 heteroatoms. The monoisotopic (exact) mass is 244 g/mol. The highest BCUT2D eigenvalue weighted by atomic mass is 32.1. The molecular formula is C12H12N4S. The van der Waals surface area contributed by atoms with E-state index in [0.717, 1.165) is 21.7 Å². The molecule has 3 rings (SSSR count). The van der Waals surface area contributed by atoms with Crippen LogP contribution in [0.3, 0.4) is 0 Å². The van der Waals surface area contributed by atoms with Gasteiger partial charge in [0.1, 0.15) is 5.82 Å². The third-order valence-electron chi connectivity index (χ3n) is 2.80. The molecular weight excluding hydrogens is 232 g/mol. The van der Waals surface area contributed by atoms with Crippen LogP contribution >= 0.6 is 11.3 Å². The first-order chi connectivity index (χ1) is 8.16. The molecule has 2 heterocycles. The molecule has 0 unspecified atom stereocenters. The van der Waals surface area contributed by atoms with Crippen molar-refractivity contribution in [2.24, 2.45) is 7.05 Å². The lowest BCUT2D eigenvalue weighted by Gasteiger charge is -2.01. The molecule has 86 valence electrons. The molecule has 0 radical (unpaired) electrons. The summed E-state index contributed by atoms with van der Waals surface area (Å²) in [5.74, 6) is 0.684. The Balaban J connectivity index is 2.33. The predicted molar refractivity (Wildman–Crippen MR) is 71.0 cm³/mol. The number of anilines is 1. The fourth-order valence-electron chi connectivity index (χ4n) is 1.93. The van der Waals surface area contributed by atoms with Gasteiger partial charge in [-0.1, -0.05) is 12.1 Å². The zero-order valence-electron chi connectivity index (χ0n) is 9.64. The van der Waals surface area contributed by atoms with Crippen LogP contribution in [0.15, 0.2) is 24.4 Å². The number of rotatable bonds is 1. The number of hydrogen-bond acceptors (Lipinski definition) is 4. The van der Waals surface area contributed by atoms with Gasteiger partial charge in [-0.2, -0.15) is 5.10 Å². The summed E-state index contributed by atoms with van der Waals surface area (Å²) in [5.41, 5.74) is 9.12. The van der Waals surface area contributed by atoms with E-state index in [1.54, 1.807) is 22.2 Å². The van der Waals surface area contributed by atoms with Crippen LogP contribution in [-0.4, -0.2) is 14.8 Å². The maximum Gasteiger partial charge on any atom is 0.129 e. The first kappa shape index (κ1) is 10.3. The van der Waals surface area contributed by atoms with Crippen molar-refractivity contribution < 1.29 is 0 Å². The van der Waals surface area contributed by atoms with E-state index in [2.05, 4.69) is 16.1 Å². The molecule has 0 amide bonds. The van der Waals surface area contributed by atoms with Crippen LogP contribution in [0.5, 0.6) is 0 Å². The predicted octanol–water partition coefficient (Wildman–Crippen LogP) is 2.59. The average molecular weight is 244 g/mol. The summed E-state index contributed by atoms with van der Waals surface area (Å²) in [6.45, 7) is 2.01. The van der Waals surface area contributed by atoms with E-state index in [-0.39, 0.29) is 0 Å². The first-order valence-electron chi connectivity index (χ1n) is 5.31. The molecule has 2 N–H and O–H groups in total. The van der Waals surface area contributed by atoms with Gasteiger partial charge in [0.15, 0.2) is 0 Å². The van der Waals surface area contributed by atoms with Crippen molar-refractivity contribution in [2.45, 2.75) is 6.92 Å². The minimum absolute atomic E-state index is 0.684. The van der Waals surface area contributed by atoms with Gasteiger partial charge in [-0.25, -0.2) is 4.98 Å². The summed E-state index contributed by atoms with van der Waals surface area (Å²) >= 11 is 1.69. The molecule has 4 nitrogen and oxygen atoms in total. The number of nitrogens with two attached hydrogens (primary N) is 1. The quantitative estimate of drug-likeness (QED) is 0.715. The second-order valence-electron chi connectivity index (χ2n) is 3.95. The third-order valence-corrected chi connectivity index (χ3v) is 3.82. The smallest absolute Gasteiger partial charge is 0.129 e. The van der Waals surface area contributed by atoms with Gasteiger partial charge in [0, 0.05) is 18.2 Å². The molecule has 0 bridgehead atoms. The van der Waals surface area contributed by atoms with Crippen molar-refractivity contribution >= 4 is 27.4 Å². The standard InChI is InChI=1S/C12H12N4S/c1-7-15-10-5-3-4-8(11(10)17-7)9-6-14-16(2)12(9)13/h3-6H,13H2,1-2H3. The van der Waals surface area contributed by atoms with Gasteiger partial charge >= 0.3 is 0 Å². The van der Waals surface area contributed by atoms with Crippen LogP contribution < -0.4 is 5.73 Å². The molecule has 0 atom stereocenters. The van der Waals surface area contributed by atoms with E-state index in [1.165, 1.54) is 4.70 Å². The Morgan fingerprint density at radius 2 is 2.12 bits per heavy atom. The molecule has 0 saturated carbocycles. The zero-order valence-corrected chi connectivity index (χ0v) is 10.5. The van der Waals surface area contributed by atoms with Crippen LogP contribution in [0.25, 0.3) is 21.3 Å². The SMILES string of the molecule is Cc1nc2cccc(-c3cnn(C)c3N)c2s1. The normalized spacial score (nSPS) is 11.2. The summed E-state index contributed by atoms with van der Waals surface area (Å²) in [4.78, 5) is 4.49. The summed E-state index contributed by atoms with van der Waals surface area (Å²) in [7, 11) is 1.84. The number of hydrogen-bond donors (Lipinski definition) is 1. The van der Waals surface area contributed by atoms with Crippen molar-refractivity contribution in [2.75, 3.05) is 5.73 Å². The van der Waals surface area contributed by atoms with Gasteiger partial charge in [0.2, 0.25) is 0 Å². The van der Waals surface area contributed by atoms with E-state index in [1.807, 2.05) is 26.1 Å². The fourth-order valence-corrected chi connectivity index (χ4v) is 2.87. The van der Waals surface area contributed by atoms with Crippen LogP contribution in [0.1, 0.15) is 5.01 Å². The van der Waals surface area contributed by atoms with Crippen LogP contribution in [0, 0.1) is 6.92 Å². The van der Waals surface area contributed by atoms with Crippen LogP contribution in [0.4, 0.5) is 5.82 Å². The Kier molecular flexibility index (Phi) is 2.16. The summed E-state index contributed by atoms with van der Waals surface area (Å²) in [6, 6.07) is 6.09. The van der Waals surface area contributed by atoms with Gasteiger partial charge in [-0.3, -0.25) is 4.68 Å². The molecule has 0 spiro atoms. The Labute approximate surface area is 103 Å². The fraction of sp³-hybridized carbons (Fsp3) is 0.167. The average Bonchev–Trinajstić information content (AvgIpc) is 2.82. The Morgan fingerprint density at radius 3 is 2.82 bits per heavy atom. The molecule has 0 fully saturated rings. The van der Waals surface area contributed by atoms with E-state index in [4.69, 9.17) is 5.73 Å². The highest BCUT2D eigenvalue weighted by molar-refractivity contribution is 7.19. The number of aryl methyl sites for hydroxylation is 2. The topological polar surface area (TPSA) is 56.7 Å². The van der Waals surface area contributed by atoms with Crippen LogP contribution in [-0.2, 0) is 7.05 Å². The molecule has 0 aliphatic heterocycles. The number of nitrogen functional groups attached to an aromatic ring is 1. The number of nitrogens with zero attached hydrogens (tertiary/aromatic N) is 3. The van der Waals surface area contributed by atoms with Crippen molar-refractivity contribution in [1.29, 1.82) is 0 Å². The Bertz CT molecular complexity index is 696. The van der Waals surface area contributed by atoms with Crippen molar-refractivity contribution in [1.82, 2.24) is 14.8 Å². The third kappa shape index (κ3) is 1.51. The lowest BCUT2D eigenvalue weighted by Crippen LogP contribution is -1.98. The summed E-state index contributed by atoms with van der Waals surface area (Å²) in [6.07, 6.45) is 1.80. The first-order valence-corrected chi connectivity index (χ1v) is 6.12. The summed E-state index contributed by atoms with van der Waals surface area (Å²) in [5, 5.41) is 5.25. The highest BCUT2D eigenvalue weighted by Gasteiger charge is 2.12. The highest BCUT2D eigenvalue weighted by Crippen LogP contribution is 2.35. The minimum atomic E-state index is 0.684. The lowest BCUT2D eigenvalue weighted by molar-refractivity contribution is 0.779. The summed E-state index contributed by atoms with van der Waals surface area (Å²) < 4.78 is 2.85. The minimum Gasteiger partial charge on any atom is -0.383 e. The second-order valence-corrected chi connectivity index (χ2v) is 5.16. The number of fused-ring (bicyclic) bond motifs is 1. The van der Waals surface area contributed by atoms with Gasteiger partial charge < -0.3 is 5.73 Å². The van der Waals surface area contributed by atoms with Crippen molar-refractivity contribution in [3.63, 3.8) is 0 Å². The number of thiazole rings is 1. The molecule has 2 aromatic heterocycles. The van der Waals surface area contributed by atoms with Gasteiger partial charge in [-0.15, -0.1) is 11.3 Å².